The van der Waals surface area contributed by atoms with Crippen LogP contribution < -0.4 is 21.3 Å². The summed E-state index contributed by atoms with van der Waals surface area (Å²) in [5, 5.41) is 15.9. The first-order valence-corrected chi connectivity index (χ1v) is 13.0. The van der Waals surface area contributed by atoms with Crippen molar-refractivity contribution in [1.82, 2.24) is 14.8 Å². The van der Waals surface area contributed by atoms with Gasteiger partial charge in [-0.2, -0.15) is 9.94 Å². The van der Waals surface area contributed by atoms with Crippen LogP contribution >= 0.6 is 11.6 Å². The van der Waals surface area contributed by atoms with Gasteiger partial charge in [0.2, 0.25) is 18.0 Å². The number of aromatic amines is 1. The van der Waals surface area contributed by atoms with E-state index in [4.69, 9.17) is 21.6 Å². The van der Waals surface area contributed by atoms with Crippen LogP contribution in [0.5, 0.6) is 11.5 Å². The minimum absolute atomic E-state index is 0.0793. The van der Waals surface area contributed by atoms with Gasteiger partial charge in [-0.05, 0) is 67.6 Å². The Kier molecular flexibility index (Phi) is 9.48. The van der Waals surface area contributed by atoms with E-state index in [0.29, 0.717) is 42.0 Å². The minimum atomic E-state index is -2.09. The first-order chi connectivity index (χ1) is 18.8. The number of aromatic nitrogens is 3. The number of nitrogens with one attached hydrogen (secondary N) is 2. The highest BCUT2D eigenvalue weighted by Gasteiger charge is 2.46. The molecule has 2 aromatic carbocycles. The van der Waals surface area contributed by atoms with Crippen molar-refractivity contribution in [2.75, 3.05) is 5.32 Å². The molecule has 1 fully saturated rings. The van der Waals surface area contributed by atoms with Crippen LogP contribution in [-0.4, -0.2) is 27.1 Å². The molecule has 1 aliphatic carbocycles. The fourth-order valence-corrected chi connectivity index (χ4v) is 3.70. The standard InChI is InChI=1S/C23H22ClN5O4.C5H8F2/c1-5-14-9-15(29-23(32)27-22(31)19(11-25)28-29)10-17(24)20(14)33-16-6-7-18(13(4)8-16)26-21(30)12(2)3;1-5(2-3-5)4(6)7/h6-10,12H,5H2,1-4H3,(H,26,30)(H,27,31,32);4H,2-3H2,1H3. The maximum atomic E-state index is 12.2. The Morgan fingerprint density at radius 1 is 1.27 bits per heavy atom. The number of alkyl halides is 2. The number of carbonyl (C=O) groups excluding carboxylic acids is 1. The molecule has 1 aromatic heterocycles. The molecule has 0 radical (unpaired) electrons. The molecule has 0 spiro atoms. The molecular weight excluding hydrogens is 544 g/mol. The second-order valence-corrected chi connectivity index (χ2v) is 10.5. The minimum Gasteiger partial charge on any atom is -0.456 e. The maximum absolute atomic E-state index is 12.2. The quantitative estimate of drug-likeness (QED) is 0.370. The third kappa shape index (κ3) is 7.12. The number of ether oxygens (including phenoxy) is 1. The Morgan fingerprint density at radius 3 is 2.45 bits per heavy atom. The van der Waals surface area contributed by atoms with E-state index in [1.165, 1.54) is 6.07 Å². The van der Waals surface area contributed by atoms with Gasteiger partial charge in [0.05, 0.1) is 10.7 Å². The molecule has 40 heavy (non-hydrogen) atoms. The predicted octanol–water partition coefficient (Wildman–Crippen LogP) is 5.76. The normalized spacial score (nSPS) is 13.3. The highest BCUT2D eigenvalue weighted by Crippen LogP contribution is 2.49. The molecule has 1 aliphatic rings. The molecule has 4 rings (SSSR count). The van der Waals surface area contributed by atoms with Gasteiger partial charge in [-0.3, -0.25) is 14.6 Å². The summed E-state index contributed by atoms with van der Waals surface area (Å²) in [6, 6.07) is 10.0. The van der Waals surface area contributed by atoms with Gasteiger partial charge in [-0.15, -0.1) is 5.10 Å². The van der Waals surface area contributed by atoms with Crippen LogP contribution in [0.25, 0.3) is 5.69 Å². The number of halogens is 3. The van der Waals surface area contributed by atoms with Crippen molar-refractivity contribution in [2.45, 2.75) is 60.3 Å². The van der Waals surface area contributed by atoms with E-state index >= 15 is 0 Å². The van der Waals surface area contributed by atoms with E-state index in [-0.39, 0.29) is 22.5 Å². The molecule has 3 aromatic rings. The Morgan fingerprint density at radius 2 is 1.95 bits per heavy atom. The van der Waals surface area contributed by atoms with Crippen molar-refractivity contribution in [2.24, 2.45) is 11.3 Å². The first kappa shape index (κ1) is 30.5. The average Bonchev–Trinajstić information content (AvgIpc) is 3.66. The number of hydrogen-bond acceptors (Lipinski definition) is 6. The molecule has 2 N–H and O–H groups in total. The topological polar surface area (TPSA) is 130 Å². The van der Waals surface area contributed by atoms with Crippen LogP contribution in [0.2, 0.25) is 5.02 Å². The molecule has 0 unspecified atom stereocenters. The van der Waals surface area contributed by atoms with Gasteiger partial charge >= 0.3 is 5.69 Å². The molecule has 9 nitrogen and oxygen atoms in total. The summed E-state index contributed by atoms with van der Waals surface area (Å²) >= 11 is 6.48. The lowest BCUT2D eigenvalue weighted by atomic mass is 10.1. The van der Waals surface area contributed by atoms with E-state index in [2.05, 4.69) is 15.4 Å². The Bertz CT molecular complexity index is 1570. The summed E-state index contributed by atoms with van der Waals surface area (Å²) in [5.41, 5.74) is -0.195. The van der Waals surface area contributed by atoms with Crippen molar-refractivity contribution in [3.05, 3.63) is 73.0 Å². The van der Waals surface area contributed by atoms with Crippen LogP contribution in [0, 0.1) is 29.6 Å². The van der Waals surface area contributed by atoms with Gasteiger partial charge in [0.15, 0.2) is 0 Å². The SMILES string of the molecule is CC1(C(F)F)CC1.CCc1cc(-n2nc(C#N)c(=O)[nH]c2=O)cc(Cl)c1Oc1ccc(NC(=O)C(C)C)c(C)c1. The van der Waals surface area contributed by atoms with Crippen LogP contribution in [0.15, 0.2) is 39.9 Å². The molecule has 0 atom stereocenters. The second kappa shape index (κ2) is 12.4. The average molecular weight is 574 g/mol. The third-order valence-corrected chi connectivity index (χ3v) is 6.71. The molecule has 0 aliphatic heterocycles. The van der Waals surface area contributed by atoms with Crippen molar-refractivity contribution < 1.29 is 18.3 Å². The number of rotatable bonds is 7. The van der Waals surface area contributed by atoms with Crippen LogP contribution in [0.3, 0.4) is 0 Å². The van der Waals surface area contributed by atoms with Gasteiger partial charge < -0.3 is 10.1 Å². The van der Waals surface area contributed by atoms with E-state index in [1.807, 2.05) is 27.7 Å². The molecule has 212 valence electrons. The molecule has 1 amide bonds. The summed E-state index contributed by atoms with van der Waals surface area (Å²) in [5.74, 6) is 0.701. The summed E-state index contributed by atoms with van der Waals surface area (Å²) < 4.78 is 30.2. The number of carbonyl (C=O) groups is 1. The smallest absolute Gasteiger partial charge is 0.349 e. The highest BCUT2D eigenvalue weighted by atomic mass is 35.5. The lowest BCUT2D eigenvalue weighted by Crippen LogP contribution is -2.33. The number of aryl methyl sites for hydroxylation is 2. The monoisotopic (exact) mass is 573 g/mol. The van der Waals surface area contributed by atoms with Gasteiger partial charge in [0.25, 0.3) is 5.56 Å². The largest absolute Gasteiger partial charge is 0.456 e. The first-order valence-electron chi connectivity index (χ1n) is 12.6. The van der Waals surface area contributed by atoms with Crippen molar-refractivity contribution in [1.29, 1.82) is 5.26 Å². The Hall–Kier alpha value is -4.04. The van der Waals surface area contributed by atoms with Crippen LogP contribution in [-0.2, 0) is 11.2 Å². The van der Waals surface area contributed by atoms with E-state index in [1.54, 1.807) is 37.3 Å². The van der Waals surface area contributed by atoms with Crippen molar-refractivity contribution in [3.63, 3.8) is 0 Å². The lowest BCUT2D eigenvalue weighted by molar-refractivity contribution is -0.118. The number of H-pyrrole nitrogens is 1. The number of hydrogen-bond donors (Lipinski definition) is 2. The zero-order valence-corrected chi connectivity index (χ0v) is 23.5. The lowest BCUT2D eigenvalue weighted by Gasteiger charge is -2.16. The number of amides is 1. The molecule has 1 saturated carbocycles. The molecule has 0 saturated heterocycles. The summed E-state index contributed by atoms with van der Waals surface area (Å²) in [7, 11) is 0. The van der Waals surface area contributed by atoms with Gasteiger partial charge in [-0.1, -0.05) is 39.3 Å². The number of anilines is 1. The molecular formula is C28H30ClF2N5O4. The molecule has 12 heteroatoms. The molecule has 0 bridgehead atoms. The highest BCUT2D eigenvalue weighted by molar-refractivity contribution is 6.32. The summed E-state index contributed by atoms with van der Waals surface area (Å²) in [6.45, 7) is 9.00. The summed E-state index contributed by atoms with van der Waals surface area (Å²) in [4.78, 5) is 37.9. The van der Waals surface area contributed by atoms with Gasteiger partial charge in [-0.25, -0.2) is 13.6 Å². The summed E-state index contributed by atoms with van der Waals surface area (Å²) in [6.07, 6.45) is -0.143. The fourth-order valence-electron chi connectivity index (χ4n) is 3.43. The predicted molar refractivity (Wildman–Crippen MR) is 148 cm³/mol. The second-order valence-electron chi connectivity index (χ2n) is 10.1. The van der Waals surface area contributed by atoms with E-state index < -0.39 is 28.8 Å². The molecule has 1 heterocycles. The maximum Gasteiger partial charge on any atom is 0.349 e. The van der Waals surface area contributed by atoms with Gasteiger partial charge in [0, 0.05) is 17.0 Å². The fraction of sp³-hybridized carbons (Fsp3) is 0.393. The van der Waals surface area contributed by atoms with E-state index in [9.17, 15) is 23.2 Å². The third-order valence-electron chi connectivity index (χ3n) is 6.43. The van der Waals surface area contributed by atoms with Crippen LogP contribution in [0.4, 0.5) is 14.5 Å². The van der Waals surface area contributed by atoms with Crippen molar-refractivity contribution >= 4 is 23.2 Å². The zero-order chi connectivity index (χ0) is 29.8. The Labute approximate surface area is 234 Å². The van der Waals surface area contributed by atoms with Crippen LogP contribution in [0.1, 0.15) is 57.4 Å². The number of benzene rings is 2. The number of nitriles is 1. The zero-order valence-electron chi connectivity index (χ0n) is 22.8. The Balaban J connectivity index is 0.000000547. The van der Waals surface area contributed by atoms with Crippen molar-refractivity contribution in [3.8, 4) is 23.3 Å². The number of nitrogens with zero attached hydrogens (tertiary/aromatic N) is 3. The van der Waals surface area contributed by atoms with Gasteiger partial charge in [0.1, 0.15) is 17.6 Å². The van der Waals surface area contributed by atoms with E-state index in [0.717, 1.165) is 10.2 Å².